The lowest BCUT2D eigenvalue weighted by Gasteiger charge is -2.29. The fraction of sp³-hybridized carbons (Fsp3) is 0.474. The molecule has 0 spiro atoms. The molecule has 0 bridgehead atoms. The molecular formula is C19H25N3O3. The van der Waals surface area contributed by atoms with Gasteiger partial charge in [0, 0.05) is 19.3 Å². The molecule has 0 saturated carbocycles. The first-order valence-electron chi connectivity index (χ1n) is 8.41. The van der Waals surface area contributed by atoms with Crippen LogP contribution in [0.25, 0.3) is 0 Å². The zero-order valence-electron chi connectivity index (χ0n) is 15.5. The molecule has 0 fully saturated rings. The van der Waals surface area contributed by atoms with Crippen molar-refractivity contribution < 1.29 is 14.3 Å². The highest BCUT2D eigenvalue weighted by Gasteiger charge is 2.25. The lowest BCUT2D eigenvalue weighted by atomic mass is 9.98. The predicted molar refractivity (Wildman–Crippen MR) is 95.2 cm³/mol. The molecule has 6 heteroatoms. The maximum atomic E-state index is 12.8. The maximum absolute atomic E-state index is 12.8. The summed E-state index contributed by atoms with van der Waals surface area (Å²) in [6, 6.07) is 3.97. The summed E-state index contributed by atoms with van der Waals surface area (Å²) in [4.78, 5) is 14.7. The van der Waals surface area contributed by atoms with Gasteiger partial charge in [0.2, 0.25) is 0 Å². The summed E-state index contributed by atoms with van der Waals surface area (Å²) in [6.07, 6.45) is 4.28. The van der Waals surface area contributed by atoms with Gasteiger partial charge in [-0.25, -0.2) is 0 Å². The Morgan fingerprint density at radius 2 is 1.76 bits per heavy atom. The van der Waals surface area contributed by atoms with Crippen LogP contribution in [0.1, 0.15) is 42.3 Å². The van der Waals surface area contributed by atoms with Crippen LogP contribution in [0.2, 0.25) is 0 Å². The minimum Gasteiger partial charge on any atom is -0.493 e. The first-order valence-corrected chi connectivity index (χ1v) is 8.41. The van der Waals surface area contributed by atoms with Gasteiger partial charge in [-0.3, -0.25) is 9.48 Å². The summed E-state index contributed by atoms with van der Waals surface area (Å²) in [7, 11) is 3.26. The van der Waals surface area contributed by atoms with E-state index in [9.17, 15) is 4.79 Å². The maximum Gasteiger partial charge on any atom is 0.257 e. The van der Waals surface area contributed by atoms with E-state index in [0.29, 0.717) is 24.4 Å². The van der Waals surface area contributed by atoms with Crippen LogP contribution in [-0.2, 0) is 18.5 Å². The number of methoxy groups -OCH3 is 2. The van der Waals surface area contributed by atoms with Gasteiger partial charge in [0.05, 0.1) is 31.5 Å². The molecule has 6 nitrogen and oxygen atoms in total. The molecule has 3 rings (SSSR count). The van der Waals surface area contributed by atoms with Gasteiger partial charge < -0.3 is 14.4 Å². The monoisotopic (exact) mass is 343 g/mol. The molecule has 0 saturated heterocycles. The number of rotatable bonds is 3. The highest BCUT2D eigenvalue weighted by molar-refractivity contribution is 5.93. The normalized spacial score (nSPS) is 14.2. The molecule has 1 aromatic heterocycles. The molecule has 2 aromatic rings. The molecular weight excluding hydrogens is 318 g/mol. The smallest absolute Gasteiger partial charge is 0.257 e. The Hall–Kier alpha value is -2.50. The number of aromatic nitrogens is 2. The van der Waals surface area contributed by atoms with Crippen LogP contribution in [-0.4, -0.2) is 41.4 Å². The highest BCUT2D eigenvalue weighted by Crippen LogP contribution is 2.33. The van der Waals surface area contributed by atoms with Gasteiger partial charge in [-0.2, -0.15) is 5.10 Å². The van der Waals surface area contributed by atoms with E-state index in [0.717, 1.165) is 17.7 Å². The van der Waals surface area contributed by atoms with Gasteiger partial charge in [0.1, 0.15) is 0 Å². The molecule has 25 heavy (non-hydrogen) atoms. The Bertz CT molecular complexity index is 790. The van der Waals surface area contributed by atoms with Crippen molar-refractivity contribution in [2.45, 2.75) is 39.3 Å². The first-order chi connectivity index (χ1) is 11.8. The van der Waals surface area contributed by atoms with Crippen LogP contribution >= 0.6 is 0 Å². The molecule has 0 aliphatic carbocycles. The van der Waals surface area contributed by atoms with E-state index < -0.39 is 0 Å². The Morgan fingerprint density at radius 3 is 2.32 bits per heavy atom. The van der Waals surface area contributed by atoms with E-state index in [1.165, 1.54) is 5.56 Å². The third kappa shape index (κ3) is 3.34. The van der Waals surface area contributed by atoms with Crippen molar-refractivity contribution >= 4 is 5.91 Å². The summed E-state index contributed by atoms with van der Waals surface area (Å²) in [5, 5.41) is 4.33. The number of hydrogen-bond donors (Lipinski definition) is 0. The van der Waals surface area contributed by atoms with E-state index in [2.05, 4.69) is 25.9 Å². The second kappa shape index (κ2) is 6.43. The minimum atomic E-state index is -0.142. The average molecular weight is 343 g/mol. The number of carbonyl (C=O) groups is 1. The Labute approximate surface area is 148 Å². The van der Waals surface area contributed by atoms with Crippen molar-refractivity contribution in [2.75, 3.05) is 20.8 Å². The molecule has 134 valence electrons. The Balaban J connectivity index is 1.82. The molecule has 2 heterocycles. The van der Waals surface area contributed by atoms with Gasteiger partial charge in [0.15, 0.2) is 11.5 Å². The summed E-state index contributed by atoms with van der Waals surface area (Å²) in [6.45, 7) is 7.43. The third-order valence-corrected chi connectivity index (χ3v) is 4.52. The summed E-state index contributed by atoms with van der Waals surface area (Å²) >= 11 is 0. The van der Waals surface area contributed by atoms with Gasteiger partial charge >= 0.3 is 0 Å². The number of amides is 1. The standard InChI is InChI=1S/C19H25N3O3/c1-19(2,3)22-12-15(10-20-22)18(23)21-7-6-13-8-16(24-4)17(25-5)9-14(13)11-21/h8-10,12H,6-7,11H2,1-5H3. The third-order valence-electron chi connectivity index (χ3n) is 4.52. The SMILES string of the molecule is COc1cc2c(cc1OC)CN(C(=O)c1cnn(C(C)(C)C)c1)CC2. The van der Waals surface area contributed by atoms with Crippen molar-refractivity contribution in [3.8, 4) is 11.5 Å². The largest absolute Gasteiger partial charge is 0.493 e. The topological polar surface area (TPSA) is 56.6 Å². The number of hydrogen-bond acceptors (Lipinski definition) is 4. The van der Waals surface area contributed by atoms with E-state index in [-0.39, 0.29) is 11.4 Å². The van der Waals surface area contributed by atoms with Crippen LogP contribution in [0.5, 0.6) is 11.5 Å². The van der Waals surface area contributed by atoms with Gasteiger partial charge in [-0.05, 0) is 50.5 Å². The van der Waals surface area contributed by atoms with Crippen LogP contribution in [0, 0.1) is 0 Å². The zero-order valence-corrected chi connectivity index (χ0v) is 15.5. The Morgan fingerprint density at radius 1 is 1.12 bits per heavy atom. The summed E-state index contributed by atoms with van der Waals surface area (Å²) < 4.78 is 12.6. The molecule has 1 amide bonds. The van der Waals surface area contributed by atoms with Crippen molar-refractivity contribution in [3.63, 3.8) is 0 Å². The lowest BCUT2D eigenvalue weighted by Crippen LogP contribution is -2.36. The second-order valence-corrected chi connectivity index (χ2v) is 7.30. The van der Waals surface area contributed by atoms with Crippen LogP contribution < -0.4 is 9.47 Å². The van der Waals surface area contributed by atoms with Crippen LogP contribution in [0.3, 0.4) is 0 Å². The molecule has 0 atom stereocenters. The summed E-state index contributed by atoms with van der Waals surface area (Å²) in [5.41, 5.74) is 2.78. The molecule has 0 unspecified atom stereocenters. The van der Waals surface area contributed by atoms with Crippen molar-refractivity contribution in [1.29, 1.82) is 0 Å². The molecule has 0 N–H and O–H groups in total. The number of ether oxygens (including phenoxy) is 2. The van der Waals surface area contributed by atoms with Gasteiger partial charge in [-0.15, -0.1) is 0 Å². The van der Waals surface area contributed by atoms with E-state index in [1.807, 2.05) is 27.9 Å². The minimum absolute atomic E-state index is 0.0101. The van der Waals surface area contributed by atoms with E-state index >= 15 is 0 Å². The summed E-state index contributed by atoms with van der Waals surface area (Å²) in [5.74, 6) is 1.43. The van der Waals surface area contributed by atoms with Crippen LogP contribution in [0.4, 0.5) is 0 Å². The van der Waals surface area contributed by atoms with Gasteiger partial charge in [-0.1, -0.05) is 0 Å². The van der Waals surface area contributed by atoms with Gasteiger partial charge in [0.25, 0.3) is 5.91 Å². The van der Waals surface area contributed by atoms with Crippen LogP contribution in [0.15, 0.2) is 24.5 Å². The fourth-order valence-electron chi connectivity index (χ4n) is 3.04. The number of carbonyl (C=O) groups excluding carboxylic acids is 1. The van der Waals surface area contributed by atoms with Crippen molar-refractivity contribution in [2.24, 2.45) is 0 Å². The predicted octanol–water partition coefficient (Wildman–Crippen LogP) is 2.85. The molecule has 0 radical (unpaired) electrons. The van der Waals surface area contributed by atoms with E-state index in [4.69, 9.17) is 9.47 Å². The molecule has 1 aromatic carbocycles. The van der Waals surface area contributed by atoms with E-state index in [1.54, 1.807) is 20.4 Å². The zero-order chi connectivity index (χ0) is 18.2. The quantitative estimate of drug-likeness (QED) is 0.860. The number of benzene rings is 1. The highest BCUT2D eigenvalue weighted by atomic mass is 16.5. The lowest BCUT2D eigenvalue weighted by molar-refractivity contribution is 0.0734. The number of nitrogens with zero attached hydrogens (tertiary/aromatic N) is 3. The average Bonchev–Trinajstić information content (AvgIpc) is 3.09. The molecule has 1 aliphatic heterocycles. The van der Waals surface area contributed by atoms with Crippen molar-refractivity contribution in [1.82, 2.24) is 14.7 Å². The first kappa shape index (κ1) is 17.3. The molecule has 1 aliphatic rings. The fourth-order valence-corrected chi connectivity index (χ4v) is 3.04. The second-order valence-electron chi connectivity index (χ2n) is 7.30. The number of fused-ring (bicyclic) bond motifs is 1. The van der Waals surface area contributed by atoms with Crippen molar-refractivity contribution in [3.05, 3.63) is 41.2 Å². The Kier molecular flexibility index (Phi) is 4.45.